The number of hydrogen-bond acceptors (Lipinski definition) is 3. The van der Waals surface area contributed by atoms with Gasteiger partial charge < -0.3 is 5.32 Å². The van der Waals surface area contributed by atoms with Crippen molar-refractivity contribution in [1.82, 2.24) is 9.62 Å². The van der Waals surface area contributed by atoms with E-state index in [-0.39, 0.29) is 22.5 Å². The molecule has 0 heterocycles. The molecule has 0 bridgehead atoms. The molecule has 4 nitrogen and oxygen atoms in total. The van der Waals surface area contributed by atoms with E-state index in [1.54, 1.807) is 27.0 Å². The maximum Gasteiger partial charge on any atom is 0.245 e. The lowest BCUT2D eigenvalue weighted by atomic mass is 10.2. The van der Waals surface area contributed by atoms with Gasteiger partial charge in [0.05, 0.1) is 5.02 Å². The highest BCUT2D eigenvalue weighted by Gasteiger charge is 2.28. The van der Waals surface area contributed by atoms with Gasteiger partial charge in [-0.15, -0.1) is 6.58 Å². The molecule has 0 saturated carbocycles. The van der Waals surface area contributed by atoms with E-state index in [1.165, 1.54) is 16.4 Å². The van der Waals surface area contributed by atoms with Crippen LogP contribution in [0, 0.1) is 0 Å². The molecule has 21 heavy (non-hydrogen) atoms. The molecule has 118 valence electrons. The molecule has 0 unspecified atom stereocenters. The predicted octanol–water partition coefficient (Wildman–Crippen LogP) is 3.30. The molecular weight excluding hydrogens is 331 g/mol. The molecule has 1 rings (SSSR count). The minimum absolute atomic E-state index is 0.0642. The topological polar surface area (TPSA) is 49.4 Å². The fourth-order valence-corrected chi connectivity index (χ4v) is 4.38. The Bertz CT molecular complexity index is 616. The van der Waals surface area contributed by atoms with Gasteiger partial charge in [0.1, 0.15) is 4.90 Å². The molecule has 1 aromatic carbocycles. The van der Waals surface area contributed by atoms with Crippen LogP contribution in [-0.4, -0.2) is 32.4 Å². The van der Waals surface area contributed by atoms with Crippen LogP contribution in [0.4, 0.5) is 0 Å². The van der Waals surface area contributed by atoms with E-state index in [0.717, 1.165) is 0 Å². The van der Waals surface area contributed by atoms with Crippen LogP contribution in [0.2, 0.25) is 10.0 Å². The van der Waals surface area contributed by atoms with E-state index in [4.69, 9.17) is 23.2 Å². The molecule has 0 atom stereocenters. The van der Waals surface area contributed by atoms with Crippen molar-refractivity contribution in [2.75, 3.05) is 13.6 Å². The van der Waals surface area contributed by atoms with Crippen molar-refractivity contribution < 1.29 is 8.42 Å². The second kappa shape index (κ2) is 7.61. The first-order valence-electron chi connectivity index (χ1n) is 6.51. The predicted molar refractivity (Wildman–Crippen MR) is 88.5 cm³/mol. The number of halogens is 2. The van der Waals surface area contributed by atoms with Crippen LogP contribution in [0.15, 0.2) is 29.7 Å². The van der Waals surface area contributed by atoms with Crippen LogP contribution in [0.25, 0.3) is 0 Å². The zero-order valence-electron chi connectivity index (χ0n) is 12.4. The van der Waals surface area contributed by atoms with Gasteiger partial charge in [0.25, 0.3) is 0 Å². The van der Waals surface area contributed by atoms with Gasteiger partial charge in [-0.2, -0.15) is 4.31 Å². The third-order valence-electron chi connectivity index (χ3n) is 2.94. The first-order chi connectivity index (χ1) is 9.75. The summed E-state index contributed by atoms with van der Waals surface area (Å²) >= 11 is 12.2. The van der Waals surface area contributed by atoms with Gasteiger partial charge in [-0.25, -0.2) is 8.42 Å². The van der Waals surface area contributed by atoms with Gasteiger partial charge in [-0.3, -0.25) is 0 Å². The Morgan fingerprint density at radius 1 is 1.33 bits per heavy atom. The van der Waals surface area contributed by atoms with Crippen LogP contribution in [0.5, 0.6) is 0 Å². The van der Waals surface area contributed by atoms with Crippen molar-refractivity contribution in [3.8, 4) is 0 Å². The normalized spacial score (nSPS) is 12.1. The van der Waals surface area contributed by atoms with Crippen molar-refractivity contribution in [2.45, 2.75) is 31.3 Å². The molecular formula is C14H20Cl2N2O2S. The van der Waals surface area contributed by atoms with Crippen molar-refractivity contribution >= 4 is 33.2 Å². The average molecular weight is 351 g/mol. The van der Waals surface area contributed by atoms with Crippen molar-refractivity contribution in [2.24, 2.45) is 0 Å². The zero-order valence-corrected chi connectivity index (χ0v) is 14.7. The van der Waals surface area contributed by atoms with Gasteiger partial charge in [0.2, 0.25) is 10.0 Å². The number of hydrogen-bond donors (Lipinski definition) is 1. The lowest BCUT2D eigenvalue weighted by molar-refractivity contribution is 0.383. The third-order valence-corrected chi connectivity index (χ3v) is 5.80. The smallest absolute Gasteiger partial charge is 0.245 e. The van der Waals surface area contributed by atoms with E-state index in [1.807, 2.05) is 0 Å². The largest absolute Gasteiger partial charge is 0.316 e. The van der Waals surface area contributed by atoms with Crippen LogP contribution in [0.1, 0.15) is 19.4 Å². The summed E-state index contributed by atoms with van der Waals surface area (Å²) in [6.07, 6.45) is 1.55. The number of rotatable bonds is 7. The summed E-state index contributed by atoms with van der Waals surface area (Å²) in [7, 11) is -1.95. The van der Waals surface area contributed by atoms with Crippen LogP contribution in [-0.2, 0) is 16.6 Å². The number of nitrogens with one attached hydrogen (secondary N) is 1. The molecule has 0 aliphatic heterocycles. The van der Waals surface area contributed by atoms with E-state index < -0.39 is 10.0 Å². The maximum absolute atomic E-state index is 12.8. The average Bonchev–Trinajstić information content (AvgIpc) is 2.38. The van der Waals surface area contributed by atoms with Gasteiger partial charge in [-0.05, 0) is 38.6 Å². The van der Waals surface area contributed by atoms with Crippen molar-refractivity contribution in [1.29, 1.82) is 0 Å². The lowest BCUT2D eigenvalue weighted by Gasteiger charge is -2.25. The fraction of sp³-hybridized carbons (Fsp3) is 0.429. The molecule has 0 aromatic heterocycles. The SMILES string of the molecule is C=CCN(C(C)C)S(=O)(=O)c1cc(CNC)c(Cl)cc1Cl. The highest BCUT2D eigenvalue weighted by Crippen LogP contribution is 2.31. The molecule has 0 fully saturated rings. The molecule has 0 saturated heterocycles. The summed E-state index contributed by atoms with van der Waals surface area (Å²) in [5, 5.41) is 3.51. The highest BCUT2D eigenvalue weighted by atomic mass is 35.5. The molecule has 0 aliphatic carbocycles. The summed E-state index contributed by atoms with van der Waals surface area (Å²) in [6.45, 7) is 7.90. The van der Waals surface area contributed by atoms with Gasteiger partial charge in [-0.1, -0.05) is 29.3 Å². The molecule has 7 heteroatoms. The highest BCUT2D eigenvalue weighted by molar-refractivity contribution is 7.89. The summed E-state index contributed by atoms with van der Waals surface area (Å²) in [5.41, 5.74) is 0.685. The Balaban J connectivity index is 3.42. The number of benzene rings is 1. The van der Waals surface area contributed by atoms with E-state index >= 15 is 0 Å². The van der Waals surface area contributed by atoms with Crippen molar-refractivity contribution in [3.63, 3.8) is 0 Å². The first kappa shape index (κ1) is 18.5. The Labute approximate surface area is 136 Å². The molecule has 0 spiro atoms. The summed E-state index contributed by atoms with van der Waals surface area (Å²) in [4.78, 5) is 0.0642. The van der Waals surface area contributed by atoms with Crippen LogP contribution in [0.3, 0.4) is 0 Å². The maximum atomic E-state index is 12.8. The lowest BCUT2D eigenvalue weighted by Crippen LogP contribution is -2.37. The number of nitrogens with zero attached hydrogens (tertiary/aromatic N) is 1. The van der Waals surface area contributed by atoms with Crippen LogP contribution < -0.4 is 5.32 Å². The second-order valence-corrected chi connectivity index (χ2v) is 7.53. The Morgan fingerprint density at radius 3 is 2.43 bits per heavy atom. The Morgan fingerprint density at radius 2 is 1.95 bits per heavy atom. The molecule has 1 aromatic rings. The Hall–Kier alpha value is -0.590. The molecule has 1 N–H and O–H groups in total. The molecule has 0 amide bonds. The van der Waals surface area contributed by atoms with E-state index in [9.17, 15) is 8.42 Å². The molecule has 0 aliphatic rings. The van der Waals surface area contributed by atoms with Gasteiger partial charge in [0, 0.05) is 24.2 Å². The summed E-state index contributed by atoms with van der Waals surface area (Å²) < 4.78 is 26.9. The van der Waals surface area contributed by atoms with Gasteiger partial charge in [0.15, 0.2) is 0 Å². The Kier molecular flexibility index (Phi) is 6.69. The monoisotopic (exact) mass is 350 g/mol. The second-order valence-electron chi connectivity index (χ2n) is 4.86. The molecule has 0 radical (unpaired) electrons. The fourth-order valence-electron chi connectivity index (χ4n) is 1.93. The quantitative estimate of drug-likeness (QED) is 0.767. The van der Waals surface area contributed by atoms with Crippen molar-refractivity contribution in [3.05, 3.63) is 40.4 Å². The number of sulfonamides is 1. The van der Waals surface area contributed by atoms with Gasteiger partial charge >= 0.3 is 0 Å². The summed E-state index contributed by atoms with van der Waals surface area (Å²) in [6, 6.07) is 2.79. The standard InChI is InChI=1S/C14H20Cl2N2O2S/c1-5-6-18(10(2)3)21(19,20)14-7-11(9-17-4)12(15)8-13(14)16/h5,7-8,10,17H,1,6,9H2,2-4H3. The minimum Gasteiger partial charge on any atom is -0.316 e. The first-order valence-corrected chi connectivity index (χ1v) is 8.70. The van der Waals surface area contributed by atoms with E-state index in [0.29, 0.717) is 17.1 Å². The minimum atomic E-state index is -3.71. The summed E-state index contributed by atoms with van der Waals surface area (Å²) in [5.74, 6) is 0. The van der Waals surface area contributed by atoms with E-state index in [2.05, 4.69) is 11.9 Å². The third kappa shape index (κ3) is 4.20. The van der Waals surface area contributed by atoms with Crippen LogP contribution >= 0.6 is 23.2 Å². The zero-order chi connectivity index (χ0) is 16.2.